The molecular formula is C15H19N3OS2. The van der Waals surface area contributed by atoms with Crippen molar-refractivity contribution >= 4 is 28.6 Å². The van der Waals surface area contributed by atoms with Crippen molar-refractivity contribution in [2.45, 2.75) is 32.4 Å². The largest absolute Gasteiger partial charge is 0.337 e. The second-order valence-corrected chi connectivity index (χ2v) is 7.07. The Kier molecular flexibility index (Phi) is 4.67. The summed E-state index contributed by atoms with van der Waals surface area (Å²) in [4.78, 5) is 20.1. The van der Waals surface area contributed by atoms with Crippen LogP contribution in [0.1, 0.15) is 34.8 Å². The maximum Gasteiger partial charge on any atom is 0.236 e. The van der Waals surface area contributed by atoms with Crippen LogP contribution in [0.2, 0.25) is 0 Å². The fourth-order valence-corrected chi connectivity index (χ4v) is 4.28. The predicted octanol–water partition coefficient (Wildman–Crippen LogP) is 2.83. The van der Waals surface area contributed by atoms with Crippen molar-refractivity contribution in [3.05, 3.63) is 38.5 Å². The molecule has 0 saturated heterocycles. The SMILES string of the molecule is CCC(NCC(=O)N1CCc2sccc2C1)c1nccs1. The first-order chi connectivity index (χ1) is 10.3. The summed E-state index contributed by atoms with van der Waals surface area (Å²) in [6.45, 7) is 4.09. The molecule has 0 spiro atoms. The molecule has 4 nitrogen and oxygen atoms in total. The number of hydrogen-bond donors (Lipinski definition) is 1. The number of amides is 1. The van der Waals surface area contributed by atoms with Crippen LogP contribution in [0.25, 0.3) is 0 Å². The Bertz CT molecular complexity index is 594. The van der Waals surface area contributed by atoms with E-state index >= 15 is 0 Å². The Morgan fingerprint density at radius 1 is 1.48 bits per heavy atom. The van der Waals surface area contributed by atoms with Gasteiger partial charge in [0.1, 0.15) is 5.01 Å². The summed E-state index contributed by atoms with van der Waals surface area (Å²) in [5.74, 6) is 0.182. The molecule has 0 aromatic carbocycles. The van der Waals surface area contributed by atoms with E-state index in [0.717, 1.165) is 30.9 Å². The molecule has 0 radical (unpaired) electrons. The van der Waals surface area contributed by atoms with Gasteiger partial charge < -0.3 is 4.90 Å². The highest BCUT2D eigenvalue weighted by Crippen LogP contribution is 2.24. The number of fused-ring (bicyclic) bond motifs is 1. The van der Waals surface area contributed by atoms with Crippen molar-refractivity contribution in [1.82, 2.24) is 15.2 Å². The van der Waals surface area contributed by atoms with E-state index in [4.69, 9.17) is 0 Å². The van der Waals surface area contributed by atoms with Gasteiger partial charge in [0.2, 0.25) is 5.91 Å². The van der Waals surface area contributed by atoms with Crippen LogP contribution >= 0.6 is 22.7 Å². The van der Waals surface area contributed by atoms with E-state index in [1.54, 1.807) is 22.7 Å². The van der Waals surface area contributed by atoms with E-state index in [1.165, 1.54) is 10.4 Å². The van der Waals surface area contributed by atoms with E-state index in [1.807, 2.05) is 16.5 Å². The summed E-state index contributed by atoms with van der Waals surface area (Å²) in [6, 6.07) is 2.31. The lowest BCUT2D eigenvalue weighted by Crippen LogP contribution is -2.41. The number of aromatic nitrogens is 1. The van der Waals surface area contributed by atoms with Gasteiger partial charge in [-0.2, -0.15) is 0 Å². The van der Waals surface area contributed by atoms with Crippen molar-refractivity contribution in [2.75, 3.05) is 13.1 Å². The van der Waals surface area contributed by atoms with Crippen LogP contribution in [0.4, 0.5) is 0 Å². The van der Waals surface area contributed by atoms with Gasteiger partial charge in [-0.15, -0.1) is 22.7 Å². The van der Waals surface area contributed by atoms with Crippen molar-refractivity contribution in [3.8, 4) is 0 Å². The predicted molar refractivity (Wildman–Crippen MR) is 86.6 cm³/mol. The second-order valence-electron chi connectivity index (χ2n) is 5.15. The normalized spacial score (nSPS) is 15.8. The summed E-state index contributed by atoms with van der Waals surface area (Å²) in [7, 11) is 0. The smallest absolute Gasteiger partial charge is 0.236 e. The Balaban J connectivity index is 1.55. The summed E-state index contributed by atoms with van der Waals surface area (Å²) in [6.07, 6.45) is 3.74. The first-order valence-electron chi connectivity index (χ1n) is 7.23. The minimum absolute atomic E-state index is 0.176. The van der Waals surface area contributed by atoms with Gasteiger partial charge in [-0.1, -0.05) is 6.92 Å². The Labute approximate surface area is 132 Å². The van der Waals surface area contributed by atoms with Gasteiger partial charge >= 0.3 is 0 Å². The van der Waals surface area contributed by atoms with Crippen molar-refractivity contribution < 1.29 is 4.79 Å². The molecule has 0 bridgehead atoms. The van der Waals surface area contributed by atoms with E-state index in [2.05, 4.69) is 28.7 Å². The van der Waals surface area contributed by atoms with Crippen LogP contribution in [0.5, 0.6) is 0 Å². The minimum Gasteiger partial charge on any atom is -0.337 e. The first-order valence-corrected chi connectivity index (χ1v) is 8.99. The van der Waals surface area contributed by atoms with E-state index in [0.29, 0.717) is 6.54 Å². The van der Waals surface area contributed by atoms with Crippen molar-refractivity contribution in [2.24, 2.45) is 0 Å². The highest BCUT2D eigenvalue weighted by atomic mass is 32.1. The lowest BCUT2D eigenvalue weighted by Gasteiger charge is -2.27. The molecule has 1 atom stereocenters. The average Bonchev–Trinajstić information content (AvgIpc) is 3.18. The van der Waals surface area contributed by atoms with Gasteiger partial charge in [-0.25, -0.2) is 4.98 Å². The highest BCUT2D eigenvalue weighted by Gasteiger charge is 2.22. The van der Waals surface area contributed by atoms with Gasteiger partial charge in [0.15, 0.2) is 0 Å². The van der Waals surface area contributed by atoms with Gasteiger partial charge in [-0.05, 0) is 29.9 Å². The number of nitrogens with one attached hydrogen (secondary N) is 1. The van der Waals surface area contributed by atoms with E-state index in [-0.39, 0.29) is 11.9 Å². The maximum absolute atomic E-state index is 12.4. The number of carbonyl (C=O) groups is 1. The second kappa shape index (κ2) is 6.68. The summed E-state index contributed by atoms with van der Waals surface area (Å²) >= 11 is 3.44. The van der Waals surface area contributed by atoms with Crippen LogP contribution < -0.4 is 5.32 Å². The zero-order chi connectivity index (χ0) is 14.7. The molecule has 3 rings (SSSR count). The minimum atomic E-state index is 0.176. The molecule has 1 aliphatic rings. The van der Waals surface area contributed by atoms with Crippen LogP contribution in [0.15, 0.2) is 23.0 Å². The number of thiazole rings is 1. The number of nitrogens with zero attached hydrogens (tertiary/aromatic N) is 2. The third kappa shape index (κ3) is 3.33. The first kappa shape index (κ1) is 14.7. The summed E-state index contributed by atoms with van der Waals surface area (Å²) in [5.41, 5.74) is 1.31. The Hall–Kier alpha value is -1.24. The van der Waals surface area contributed by atoms with Gasteiger partial charge in [0, 0.05) is 29.5 Å². The Morgan fingerprint density at radius 3 is 3.14 bits per heavy atom. The number of carbonyl (C=O) groups excluding carboxylic acids is 1. The van der Waals surface area contributed by atoms with Crippen LogP contribution in [-0.4, -0.2) is 28.9 Å². The molecule has 0 aliphatic carbocycles. The fourth-order valence-electron chi connectivity index (χ4n) is 2.60. The van der Waals surface area contributed by atoms with Gasteiger partial charge in [0.25, 0.3) is 0 Å². The molecule has 1 unspecified atom stereocenters. The van der Waals surface area contributed by atoms with Crippen LogP contribution in [-0.2, 0) is 17.8 Å². The standard InChI is InChI=1S/C15H19N3OS2/c1-2-12(15-16-5-8-21-15)17-9-14(19)18-6-3-13-11(10-18)4-7-20-13/h4-5,7-8,12,17H,2-3,6,9-10H2,1H3. The monoisotopic (exact) mass is 321 g/mol. The molecular weight excluding hydrogens is 302 g/mol. The van der Waals surface area contributed by atoms with Crippen molar-refractivity contribution in [1.29, 1.82) is 0 Å². The molecule has 2 aromatic heterocycles. The van der Waals surface area contributed by atoms with Gasteiger partial charge in [0.05, 0.1) is 12.6 Å². The maximum atomic E-state index is 12.4. The van der Waals surface area contributed by atoms with E-state index < -0.39 is 0 Å². The number of hydrogen-bond acceptors (Lipinski definition) is 5. The molecule has 1 aliphatic heterocycles. The number of thiophene rings is 1. The zero-order valence-electron chi connectivity index (χ0n) is 12.0. The highest BCUT2D eigenvalue weighted by molar-refractivity contribution is 7.10. The molecule has 21 heavy (non-hydrogen) atoms. The fraction of sp³-hybridized carbons (Fsp3) is 0.467. The number of rotatable bonds is 5. The molecule has 6 heteroatoms. The molecule has 2 aromatic rings. The average molecular weight is 321 g/mol. The third-order valence-corrected chi connectivity index (χ3v) is 5.73. The third-order valence-electron chi connectivity index (χ3n) is 3.82. The molecule has 1 amide bonds. The lowest BCUT2D eigenvalue weighted by atomic mass is 10.1. The van der Waals surface area contributed by atoms with Crippen molar-refractivity contribution in [3.63, 3.8) is 0 Å². The molecule has 3 heterocycles. The molecule has 0 saturated carbocycles. The molecule has 1 N–H and O–H groups in total. The molecule has 0 fully saturated rings. The summed E-state index contributed by atoms with van der Waals surface area (Å²) < 4.78 is 0. The van der Waals surface area contributed by atoms with Crippen LogP contribution in [0, 0.1) is 0 Å². The molecule has 112 valence electrons. The van der Waals surface area contributed by atoms with Crippen LogP contribution in [0.3, 0.4) is 0 Å². The van der Waals surface area contributed by atoms with Gasteiger partial charge in [-0.3, -0.25) is 10.1 Å². The summed E-state index contributed by atoms with van der Waals surface area (Å²) in [5, 5.41) is 8.50. The van der Waals surface area contributed by atoms with E-state index in [9.17, 15) is 4.79 Å². The Morgan fingerprint density at radius 2 is 2.38 bits per heavy atom. The lowest BCUT2D eigenvalue weighted by molar-refractivity contribution is -0.131. The topological polar surface area (TPSA) is 45.2 Å². The zero-order valence-corrected chi connectivity index (χ0v) is 13.7. The quantitative estimate of drug-likeness (QED) is 0.921.